The Balaban J connectivity index is 0.000000113. The Morgan fingerprint density at radius 1 is 0.102 bits per heavy atom. The molecular weight excluding hydrogens is 1550 g/mol. The average molecular weight is 1630 g/mol. The standard InChI is InChI=1S/C42H27NO2.C42H29NO.C36H25NO/c1-2-8-28(9-3-1)29-14-19-32(20-15-29)43(34-23-25-38-36-11-5-7-13-40(36)45-42(38)27-34)33-21-16-30(17-22-33)31-18-24-37-35-10-4-6-12-39(35)44-41(37)26-31;1-3-9-30(10-4-1)32-15-22-36(23-16-32)43(37-24-17-33(18-25-37)31-11-5-2-6-12-31)38-26-19-34(20-27-38)35-21-28-40-39-13-7-8-14-41(39)44-42(40)29-35;1-3-9-26(10-4-1)27-15-20-31(21-16-27)37(30-11-5-2-6-12-30)32-22-17-28(18-23-32)29-19-24-34-33-13-7-8-14-35(33)38-36(34)25-29/h1-27H;1-29H;1-25H. The van der Waals surface area contributed by atoms with Crippen LogP contribution in [0.2, 0.25) is 0 Å². The summed E-state index contributed by atoms with van der Waals surface area (Å²) >= 11 is 0. The number of furan rings is 4. The molecule has 7 nitrogen and oxygen atoms in total. The molecule has 20 aromatic carbocycles. The molecule has 0 amide bonds. The van der Waals surface area contributed by atoms with Gasteiger partial charge in [0.15, 0.2) is 0 Å². The van der Waals surface area contributed by atoms with Crippen LogP contribution in [0.3, 0.4) is 0 Å². The lowest BCUT2D eigenvalue weighted by Gasteiger charge is -2.26. The van der Waals surface area contributed by atoms with Crippen LogP contribution in [0.25, 0.3) is 166 Å². The summed E-state index contributed by atoms with van der Waals surface area (Å²) in [5, 5.41) is 9.12. The Morgan fingerprint density at radius 2 is 0.260 bits per heavy atom. The number of hydrogen-bond donors (Lipinski definition) is 0. The lowest BCUT2D eigenvalue weighted by molar-refractivity contribution is 0.668. The minimum absolute atomic E-state index is 0.871. The van der Waals surface area contributed by atoms with Gasteiger partial charge in [-0.25, -0.2) is 0 Å². The van der Waals surface area contributed by atoms with Crippen molar-refractivity contribution in [3.63, 3.8) is 0 Å². The van der Waals surface area contributed by atoms with Crippen LogP contribution in [0.15, 0.2) is 509 Å². The molecule has 0 aliphatic rings. The molecule has 0 aliphatic carbocycles. The normalized spacial score (nSPS) is 11.3. The number of nitrogens with zero attached hydrogens (tertiary/aromatic N) is 3. The first-order chi connectivity index (χ1) is 62.9. The molecule has 0 spiro atoms. The summed E-state index contributed by atoms with van der Waals surface area (Å²) in [6.07, 6.45) is 0. The van der Waals surface area contributed by atoms with Crippen LogP contribution in [0.5, 0.6) is 0 Å². The fourth-order valence-corrected chi connectivity index (χ4v) is 17.6. The van der Waals surface area contributed by atoms with E-state index >= 15 is 0 Å². The van der Waals surface area contributed by atoms with Gasteiger partial charge in [-0.2, -0.15) is 0 Å². The molecule has 0 bridgehead atoms. The molecule has 0 N–H and O–H groups in total. The minimum Gasteiger partial charge on any atom is -0.456 e. The van der Waals surface area contributed by atoms with Crippen molar-refractivity contribution in [1.82, 2.24) is 0 Å². The van der Waals surface area contributed by atoms with Crippen LogP contribution in [0.1, 0.15) is 0 Å². The third-order valence-corrected chi connectivity index (χ3v) is 24.1. The second-order valence-corrected chi connectivity index (χ2v) is 31.8. The Morgan fingerprint density at radius 3 is 0.512 bits per heavy atom. The molecule has 0 aliphatic heterocycles. The zero-order valence-corrected chi connectivity index (χ0v) is 69.2. The molecule has 4 aromatic heterocycles. The molecule has 0 radical (unpaired) electrons. The van der Waals surface area contributed by atoms with E-state index in [0.717, 1.165) is 172 Å². The molecule has 0 saturated carbocycles. The molecule has 0 atom stereocenters. The summed E-state index contributed by atoms with van der Waals surface area (Å²) < 4.78 is 24.8. The molecule has 0 fully saturated rings. The number of benzene rings is 20. The highest BCUT2D eigenvalue weighted by Gasteiger charge is 2.21. The summed E-state index contributed by atoms with van der Waals surface area (Å²) in [7, 11) is 0. The summed E-state index contributed by atoms with van der Waals surface area (Å²) in [5.41, 5.74) is 33.5. The fraction of sp³-hybridized carbons (Fsp3) is 0. The maximum Gasteiger partial charge on any atom is 0.137 e. The predicted octanol–water partition coefficient (Wildman–Crippen LogP) is 34.7. The lowest BCUT2D eigenvalue weighted by atomic mass is 10.0. The number of rotatable bonds is 16. The molecule has 0 unspecified atom stereocenters. The lowest BCUT2D eigenvalue weighted by Crippen LogP contribution is -2.09. The highest BCUT2D eigenvalue weighted by atomic mass is 16.3. The first kappa shape index (κ1) is 76.2. The van der Waals surface area contributed by atoms with Crippen molar-refractivity contribution < 1.29 is 17.7 Å². The Bertz CT molecular complexity index is 7910. The topological polar surface area (TPSA) is 62.3 Å². The molecular formula is C120H81N3O4. The van der Waals surface area contributed by atoms with E-state index in [1.165, 1.54) is 44.5 Å². The van der Waals surface area contributed by atoms with E-state index in [1.807, 2.05) is 60.7 Å². The number of hydrogen-bond acceptors (Lipinski definition) is 7. The van der Waals surface area contributed by atoms with Gasteiger partial charge in [0.25, 0.3) is 0 Å². The van der Waals surface area contributed by atoms with Crippen LogP contribution in [0, 0.1) is 0 Å². The van der Waals surface area contributed by atoms with Crippen molar-refractivity contribution in [3.8, 4) is 77.9 Å². The van der Waals surface area contributed by atoms with E-state index in [1.54, 1.807) is 0 Å². The summed E-state index contributed by atoms with van der Waals surface area (Å²) in [5.74, 6) is 0. The molecule has 7 heteroatoms. The fourth-order valence-electron chi connectivity index (χ4n) is 17.6. The molecule has 127 heavy (non-hydrogen) atoms. The van der Waals surface area contributed by atoms with Crippen molar-refractivity contribution in [1.29, 1.82) is 0 Å². The van der Waals surface area contributed by atoms with Gasteiger partial charge >= 0.3 is 0 Å². The van der Waals surface area contributed by atoms with E-state index in [9.17, 15) is 0 Å². The van der Waals surface area contributed by atoms with Crippen LogP contribution in [-0.2, 0) is 0 Å². The van der Waals surface area contributed by atoms with Gasteiger partial charge in [-0.3, -0.25) is 0 Å². The molecule has 0 saturated heterocycles. The summed E-state index contributed by atoms with van der Waals surface area (Å²) in [6.45, 7) is 0. The zero-order valence-electron chi connectivity index (χ0n) is 69.2. The van der Waals surface area contributed by atoms with Gasteiger partial charge in [0.1, 0.15) is 44.7 Å². The van der Waals surface area contributed by atoms with Crippen LogP contribution in [0.4, 0.5) is 51.2 Å². The maximum absolute atomic E-state index is 6.29. The van der Waals surface area contributed by atoms with Crippen molar-refractivity contribution in [2.75, 3.05) is 14.7 Å². The molecule has 24 aromatic rings. The van der Waals surface area contributed by atoms with Gasteiger partial charge in [-0.1, -0.05) is 315 Å². The van der Waals surface area contributed by atoms with Crippen molar-refractivity contribution in [2.45, 2.75) is 0 Å². The summed E-state index contributed by atoms with van der Waals surface area (Å²) in [6, 6.07) is 173. The van der Waals surface area contributed by atoms with Gasteiger partial charge in [-0.05, 0) is 248 Å². The second kappa shape index (κ2) is 33.8. The SMILES string of the molecule is c1ccc(-c2ccc(N(c3ccc(-c4ccc5c(c4)oc4ccccc45)cc3)c3ccc4c(c3)oc3ccccc34)cc2)cc1.c1ccc(-c2ccc(N(c3ccc(-c4ccccc4)cc3)c3ccc(-c4ccc5c(c4)oc4ccccc45)cc3)cc2)cc1.c1ccc(-c2ccc(N(c3ccccc3)c3ccc(-c4ccc5c(c4)oc4ccccc45)cc3)cc2)cc1. The zero-order chi connectivity index (χ0) is 84.4. The van der Waals surface area contributed by atoms with Crippen LogP contribution < -0.4 is 14.7 Å². The van der Waals surface area contributed by atoms with Crippen molar-refractivity contribution in [2.24, 2.45) is 0 Å². The largest absolute Gasteiger partial charge is 0.456 e. The molecule has 600 valence electrons. The van der Waals surface area contributed by atoms with E-state index in [0.29, 0.717) is 0 Å². The van der Waals surface area contributed by atoms with E-state index in [4.69, 9.17) is 17.7 Å². The second-order valence-electron chi connectivity index (χ2n) is 31.8. The predicted molar refractivity (Wildman–Crippen MR) is 531 cm³/mol. The van der Waals surface area contributed by atoms with Gasteiger partial charge in [0.05, 0.1) is 0 Å². The quantitative estimate of drug-likeness (QED) is 0.0955. The van der Waals surface area contributed by atoms with Crippen molar-refractivity contribution >= 4 is 139 Å². The Labute approximate surface area is 735 Å². The van der Waals surface area contributed by atoms with E-state index in [-0.39, 0.29) is 0 Å². The average Bonchev–Trinajstić information content (AvgIpc) is 1.73. The Kier molecular flexibility index (Phi) is 20.3. The number of para-hydroxylation sites is 5. The summed E-state index contributed by atoms with van der Waals surface area (Å²) in [4.78, 5) is 6.89. The third kappa shape index (κ3) is 15.4. The molecule has 24 rings (SSSR count). The van der Waals surface area contributed by atoms with Crippen LogP contribution >= 0.6 is 0 Å². The first-order valence-electron chi connectivity index (χ1n) is 43.0. The number of fused-ring (bicyclic) bond motifs is 12. The van der Waals surface area contributed by atoms with Gasteiger partial charge < -0.3 is 32.4 Å². The van der Waals surface area contributed by atoms with Crippen molar-refractivity contribution in [3.05, 3.63) is 491 Å². The maximum atomic E-state index is 6.29. The van der Waals surface area contributed by atoms with Gasteiger partial charge in [0.2, 0.25) is 0 Å². The Hall–Kier alpha value is -17.0. The molecule has 4 heterocycles. The number of anilines is 9. The monoisotopic (exact) mass is 1630 g/mol. The highest BCUT2D eigenvalue weighted by molar-refractivity contribution is 6.09. The highest BCUT2D eigenvalue weighted by Crippen LogP contribution is 2.45. The third-order valence-electron chi connectivity index (χ3n) is 24.1. The smallest absolute Gasteiger partial charge is 0.137 e. The van der Waals surface area contributed by atoms with E-state index in [2.05, 4.69) is 445 Å². The van der Waals surface area contributed by atoms with Crippen LogP contribution in [-0.4, -0.2) is 0 Å². The minimum atomic E-state index is 0.871. The van der Waals surface area contributed by atoms with E-state index < -0.39 is 0 Å². The first-order valence-corrected chi connectivity index (χ1v) is 43.0. The van der Waals surface area contributed by atoms with Gasteiger partial charge in [-0.15, -0.1) is 0 Å². The van der Waals surface area contributed by atoms with Gasteiger partial charge in [0, 0.05) is 100 Å².